The lowest BCUT2D eigenvalue weighted by Gasteiger charge is -2.03. The van der Waals surface area contributed by atoms with E-state index in [4.69, 9.17) is 0 Å². The molecule has 0 aromatic heterocycles. The smallest absolute Gasteiger partial charge is 0.244 e. The number of nitrogens with zero attached hydrogens (tertiary/aromatic N) is 2. The van der Waals surface area contributed by atoms with Crippen molar-refractivity contribution in [2.24, 2.45) is 10.2 Å². The Hall–Kier alpha value is -2.47. The average molecular weight is 313 g/mol. The first-order valence-electron chi connectivity index (χ1n) is 6.61. The van der Waals surface area contributed by atoms with Gasteiger partial charge in [-0.1, -0.05) is 54.2 Å². The minimum atomic E-state index is -0.305. The van der Waals surface area contributed by atoms with Gasteiger partial charge in [0.1, 0.15) is 11.1 Å². The Morgan fingerprint density at radius 2 is 1.82 bits per heavy atom. The number of carbonyl (C=O) groups is 1. The molecule has 1 atom stereocenters. The molecule has 1 N–H and O–H groups in total. The monoisotopic (exact) mass is 313 g/mol. The van der Waals surface area contributed by atoms with Crippen molar-refractivity contribution in [2.75, 3.05) is 0 Å². The molecule has 0 radical (unpaired) electrons. The summed E-state index contributed by atoms with van der Waals surface area (Å²) >= 11 is 1.33. The van der Waals surface area contributed by atoms with Crippen molar-refractivity contribution >= 4 is 29.1 Å². The minimum absolute atomic E-state index is 0.105. The fraction of sp³-hybridized carbons (Fsp3) is 0.0625. The van der Waals surface area contributed by atoms with E-state index in [2.05, 4.69) is 15.5 Å². The van der Waals surface area contributed by atoms with Crippen LogP contribution >= 0.6 is 11.8 Å². The molecule has 0 aliphatic carbocycles. The van der Waals surface area contributed by atoms with Crippen LogP contribution in [0, 0.1) is 5.82 Å². The molecule has 2 aromatic rings. The first-order chi connectivity index (χ1) is 10.7. The third-order valence-electron chi connectivity index (χ3n) is 3.03. The van der Waals surface area contributed by atoms with Gasteiger partial charge < -0.3 is 5.32 Å². The van der Waals surface area contributed by atoms with Gasteiger partial charge in [0, 0.05) is 0 Å². The van der Waals surface area contributed by atoms with Crippen molar-refractivity contribution in [2.45, 2.75) is 5.25 Å². The average Bonchev–Trinajstić information content (AvgIpc) is 2.91. The lowest BCUT2D eigenvalue weighted by molar-refractivity contribution is -0.118. The first-order valence-corrected chi connectivity index (χ1v) is 7.49. The number of thioether (sulfide) groups is 1. The number of amides is 1. The summed E-state index contributed by atoms with van der Waals surface area (Å²) < 4.78 is 12.8. The standard InChI is InChI=1S/C16H12FN3OS/c17-13-8-6-11(7-9-13)10-18-20-16-19-15(21)14(22-16)12-4-2-1-3-5-12/h1-10,14H,(H,19,20,21)/t14-/m0/s1. The van der Waals surface area contributed by atoms with Crippen LogP contribution in [0.4, 0.5) is 4.39 Å². The fourth-order valence-electron chi connectivity index (χ4n) is 1.96. The summed E-state index contributed by atoms with van der Waals surface area (Å²) in [5.41, 5.74) is 1.66. The number of hydrogen-bond donors (Lipinski definition) is 1. The number of benzene rings is 2. The molecule has 3 rings (SSSR count). The highest BCUT2D eigenvalue weighted by Crippen LogP contribution is 2.34. The van der Waals surface area contributed by atoms with Crippen LogP contribution in [-0.2, 0) is 4.79 Å². The normalized spacial score (nSPS) is 19.8. The maximum atomic E-state index is 12.8. The molecule has 0 bridgehead atoms. The maximum absolute atomic E-state index is 12.8. The quantitative estimate of drug-likeness (QED) is 0.699. The van der Waals surface area contributed by atoms with E-state index in [-0.39, 0.29) is 17.0 Å². The van der Waals surface area contributed by atoms with E-state index >= 15 is 0 Å². The van der Waals surface area contributed by atoms with Gasteiger partial charge in [0.05, 0.1) is 6.21 Å². The highest BCUT2D eigenvalue weighted by atomic mass is 32.2. The van der Waals surface area contributed by atoms with Crippen molar-refractivity contribution in [3.05, 3.63) is 71.5 Å². The molecule has 22 heavy (non-hydrogen) atoms. The summed E-state index contributed by atoms with van der Waals surface area (Å²) in [4.78, 5) is 11.9. The van der Waals surface area contributed by atoms with E-state index in [1.165, 1.54) is 30.1 Å². The molecule has 1 aliphatic heterocycles. The van der Waals surface area contributed by atoms with Crippen LogP contribution in [0.5, 0.6) is 0 Å². The number of nitrogens with one attached hydrogen (secondary N) is 1. The largest absolute Gasteiger partial charge is 0.302 e. The van der Waals surface area contributed by atoms with Gasteiger partial charge in [0.2, 0.25) is 5.91 Å². The molecule has 4 nitrogen and oxygen atoms in total. The topological polar surface area (TPSA) is 53.8 Å². The molecule has 0 saturated carbocycles. The van der Waals surface area contributed by atoms with E-state index < -0.39 is 0 Å². The SMILES string of the molecule is O=C1N/C(=N\N=Cc2ccc(F)cc2)S[C@H]1c1ccccc1. The summed E-state index contributed by atoms with van der Waals surface area (Å²) in [6.07, 6.45) is 1.51. The van der Waals surface area contributed by atoms with Gasteiger partial charge in [-0.2, -0.15) is 5.10 Å². The van der Waals surface area contributed by atoms with Gasteiger partial charge >= 0.3 is 0 Å². The Kier molecular flexibility index (Phi) is 4.29. The highest BCUT2D eigenvalue weighted by molar-refractivity contribution is 8.15. The van der Waals surface area contributed by atoms with E-state index in [1.807, 2.05) is 30.3 Å². The van der Waals surface area contributed by atoms with Crippen LogP contribution in [0.3, 0.4) is 0 Å². The molecule has 6 heteroatoms. The number of halogens is 1. The van der Waals surface area contributed by atoms with Crippen molar-refractivity contribution < 1.29 is 9.18 Å². The van der Waals surface area contributed by atoms with Crippen LogP contribution in [0.25, 0.3) is 0 Å². The second kappa shape index (κ2) is 6.53. The van der Waals surface area contributed by atoms with Crippen LogP contribution in [0.15, 0.2) is 64.8 Å². The number of rotatable bonds is 3. The molecule has 1 amide bonds. The van der Waals surface area contributed by atoms with Gasteiger partial charge in [0.15, 0.2) is 5.17 Å². The van der Waals surface area contributed by atoms with E-state index in [1.54, 1.807) is 12.1 Å². The summed E-state index contributed by atoms with van der Waals surface area (Å²) in [5.74, 6) is -0.403. The Labute approximate surface area is 131 Å². The number of hydrogen-bond acceptors (Lipinski definition) is 4. The minimum Gasteiger partial charge on any atom is -0.302 e. The van der Waals surface area contributed by atoms with Crippen LogP contribution in [0.2, 0.25) is 0 Å². The summed E-state index contributed by atoms with van der Waals surface area (Å²) in [6.45, 7) is 0. The Morgan fingerprint density at radius 3 is 2.55 bits per heavy atom. The highest BCUT2D eigenvalue weighted by Gasteiger charge is 2.31. The van der Waals surface area contributed by atoms with Gasteiger partial charge in [-0.15, -0.1) is 5.10 Å². The zero-order chi connectivity index (χ0) is 15.4. The molecule has 1 aliphatic rings. The Morgan fingerprint density at radius 1 is 1.09 bits per heavy atom. The van der Waals surface area contributed by atoms with E-state index in [9.17, 15) is 9.18 Å². The zero-order valence-electron chi connectivity index (χ0n) is 11.4. The van der Waals surface area contributed by atoms with Gasteiger partial charge in [-0.05, 0) is 23.3 Å². The Balaban J connectivity index is 1.69. The lowest BCUT2D eigenvalue weighted by Crippen LogP contribution is -2.21. The Bertz CT molecular complexity index is 729. The lowest BCUT2D eigenvalue weighted by atomic mass is 10.1. The predicted octanol–water partition coefficient (Wildman–Crippen LogP) is 3.12. The molecular formula is C16H12FN3OS. The maximum Gasteiger partial charge on any atom is 0.244 e. The van der Waals surface area contributed by atoms with Crippen LogP contribution in [-0.4, -0.2) is 17.3 Å². The van der Waals surface area contributed by atoms with Crippen LogP contribution in [0.1, 0.15) is 16.4 Å². The molecule has 1 saturated heterocycles. The zero-order valence-corrected chi connectivity index (χ0v) is 12.3. The predicted molar refractivity (Wildman–Crippen MR) is 86.3 cm³/mol. The van der Waals surface area contributed by atoms with Crippen molar-refractivity contribution in [3.63, 3.8) is 0 Å². The molecule has 0 spiro atoms. The van der Waals surface area contributed by atoms with E-state index in [0.717, 1.165) is 11.1 Å². The van der Waals surface area contributed by atoms with E-state index in [0.29, 0.717) is 5.17 Å². The van der Waals surface area contributed by atoms with Crippen molar-refractivity contribution in [1.29, 1.82) is 0 Å². The molecule has 110 valence electrons. The second-order valence-corrected chi connectivity index (χ2v) is 5.69. The fourth-order valence-corrected chi connectivity index (χ4v) is 2.89. The first kappa shape index (κ1) is 14.5. The molecule has 0 unspecified atom stereocenters. The summed E-state index contributed by atoms with van der Waals surface area (Å²) in [6, 6.07) is 15.4. The molecule has 1 fully saturated rings. The van der Waals surface area contributed by atoms with Gasteiger partial charge in [-0.25, -0.2) is 4.39 Å². The molecule has 2 aromatic carbocycles. The van der Waals surface area contributed by atoms with Gasteiger partial charge in [0.25, 0.3) is 0 Å². The third kappa shape index (κ3) is 3.40. The number of carbonyl (C=O) groups excluding carboxylic acids is 1. The molecule has 1 heterocycles. The second-order valence-electron chi connectivity index (χ2n) is 4.60. The summed E-state index contributed by atoms with van der Waals surface area (Å²) in [5, 5.41) is 10.8. The number of amidine groups is 1. The van der Waals surface area contributed by atoms with Crippen LogP contribution < -0.4 is 5.32 Å². The van der Waals surface area contributed by atoms with Crippen molar-refractivity contribution in [3.8, 4) is 0 Å². The van der Waals surface area contributed by atoms with Gasteiger partial charge in [-0.3, -0.25) is 4.79 Å². The third-order valence-corrected chi connectivity index (χ3v) is 4.15. The molecular weight excluding hydrogens is 301 g/mol. The summed E-state index contributed by atoms with van der Waals surface area (Å²) in [7, 11) is 0. The van der Waals surface area contributed by atoms with Crippen molar-refractivity contribution in [1.82, 2.24) is 5.32 Å².